The van der Waals surface area contributed by atoms with Gasteiger partial charge in [-0.1, -0.05) is 31.2 Å². The zero-order chi connectivity index (χ0) is 24.6. The van der Waals surface area contributed by atoms with E-state index in [0.29, 0.717) is 34.0 Å². The highest BCUT2D eigenvalue weighted by Crippen LogP contribution is 2.35. The molecule has 0 fully saturated rings. The van der Waals surface area contributed by atoms with E-state index in [4.69, 9.17) is 0 Å². The number of benzene rings is 2. The first kappa shape index (κ1) is 23.4. The molecule has 2 aromatic carbocycles. The summed E-state index contributed by atoms with van der Waals surface area (Å²) in [5.41, 5.74) is 2.36. The number of halogens is 1. The number of amides is 1. The second-order valence-electron chi connectivity index (χ2n) is 8.18. The van der Waals surface area contributed by atoms with Crippen molar-refractivity contribution < 1.29 is 17.6 Å². The van der Waals surface area contributed by atoms with Crippen LogP contribution in [0, 0.1) is 12.7 Å². The lowest BCUT2D eigenvalue weighted by Crippen LogP contribution is -2.32. The van der Waals surface area contributed by atoms with Gasteiger partial charge in [0, 0.05) is 33.8 Å². The van der Waals surface area contributed by atoms with Crippen molar-refractivity contribution in [2.75, 3.05) is 6.26 Å². The molecule has 2 heterocycles. The minimum Gasteiger partial charge on any atom is -0.331 e. The molecule has 4 rings (SSSR count). The summed E-state index contributed by atoms with van der Waals surface area (Å²) in [5.74, 6) is -1.31. The van der Waals surface area contributed by atoms with Gasteiger partial charge in [-0.05, 0) is 48.7 Å². The Morgan fingerprint density at radius 2 is 1.91 bits per heavy atom. The van der Waals surface area contributed by atoms with Gasteiger partial charge in [-0.15, -0.1) is 0 Å². The third-order valence-electron chi connectivity index (χ3n) is 5.72. The van der Waals surface area contributed by atoms with Crippen LogP contribution in [0.4, 0.5) is 4.39 Å². The highest BCUT2D eigenvalue weighted by atomic mass is 32.2. The van der Waals surface area contributed by atoms with Gasteiger partial charge in [-0.3, -0.25) is 9.59 Å². The number of H-pyrrole nitrogens is 1. The first-order chi connectivity index (χ1) is 16.1. The quantitative estimate of drug-likeness (QED) is 0.438. The van der Waals surface area contributed by atoms with Crippen molar-refractivity contribution in [3.63, 3.8) is 0 Å². The van der Waals surface area contributed by atoms with Crippen molar-refractivity contribution in [3.8, 4) is 11.1 Å². The van der Waals surface area contributed by atoms with Gasteiger partial charge < -0.3 is 9.55 Å². The number of aromatic nitrogens is 2. The molecule has 4 aromatic rings. The van der Waals surface area contributed by atoms with Crippen molar-refractivity contribution in [2.24, 2.45) is 0 Å². The lowest BCUT2D eigenvalue weighted by Gasteiger charge is -2.13. The average Bonchev–Trinajstić information content (AvgIpc) is 3.09. The topological polar surface area (TPSA) is 101 Å². The maximum atomic E-state index is 14.9. The predicted octanol–water partition coefficient (Wildman–Crippen LogP) is 3.74. The van der Waals surface area contributed by atoms with Crippen molar-refractivity contribution in [1.29, 1.82) is 0 Å². The molecule has 2 aromatic heterocycles. The second-order valence-corrected chi connectivity index (χ2v) is 9.93. The lowest BCUT2D eigenvalue weighted by atomic mass is 10.0. The van der Waals surface area contributed by atoms with Gasteiger partial charge in [0.1, 0.15) is 11.5 Å². The number of fused-ring (bicyclic) bond motifs is 1. The number of carbonyl (C=O) groups is 1. The number of nitrogens with zero attached hydrogens (tertiary/aromatic N) is 1. The molecule has 0 radical (unpaired) electrons. The van der Waals surface area contributed by atoms with E-state index in [-0.39, 0.29) is 17.8 Å². The van der Waals surface area contributed by atoms with Gasteiger partial charge in [0.05, 0.1) is 12.8 Å². The Balaban J connectivity index is 2.11. The molecular weight excluding hydrogens is 457 g/mol. The van der Waals surface area contributed by atoms with E-state index in [2.05, 4.69) is 4.98 Å². The lowest BCUT2D eigenvalue weighted by molar-refractivity contribution is 0.0974. The summed E-state index contributed by atoms with van der Waals surface area (Å²) in [4.78, 5) is 28.7. The van der Waals surface area contributed by atoms with Gasteiger partial charge >= 0.3 is 0 Å². The first-order valence-corrected chi connectivity index (χ1v) is 12.6. The second kappa shape index (κ2) is 8.90. The fourth-order valence-corrected chi connectivity index (χ4v) is 4.56. The van der Waals surface area contributed by atoms with Crippen molar-refractivity contribution in [3.05, 3.63) is 93.3 Å². The van der Waals surface area contributed by atoms with Crippen LogP contribution in [-0.2, 0) is 23.0 Å². The van der Waals surface area contributed by atoms with Crippen LogP contribution in [0.25, 0.3) is 22.0 Å². The molecule has 0 spiro atoms. The van der Waals surface area contributed by atoms with Crippen LogP contribution in [-0.4, -0.2) is 30.1 Å². The van der Waals surface area contributed by atoms with E-state index >= 15 is 0 Å². The van der Waals surface area contributed by atoms with Gasteiger partial charge in [0.15, 0.2) is 0 Å². The number of hydrogen-bond donors (Lipinski definition) is 2. The molecule has 0 aliphatic rings. The maximum absolute atomic E-state index is 14.9. The summed E-state index contributed by atoms with van der Waals surface area (Å²) in [7, 11) is -3.91. The zero-order valence-corrected chi connectivity index (χ0v) is 19.8. The minimum absolute atomic E-state index is 0.0350. The van der Waals surface area contributed by atoms with E-state index in [9.17, 15) is 22.4 Å². The van der Waals surface area contributed by atoms with Crippen LogP contribution in [0.1, 0.15) is 34.1 Å². The van der Waals surface area contributed by atoms with Crippen molar-refractivity contribution >= 4 is 26.8 Å². The number of rotatable bonds is 6. The molecule has 0 bridgehead atoms. The first-order valence-electron chi connectivity index (χ1n) is 10.7. The summed E-state index contributed by atoms with van der Waals surface area (Å²) in [6.45, 7) is 3.59. The summed E-state index contributed by atoms with van der Waals surface area (Å²) >= 11 is 0. The molecule has 34 heavy (non-hydrogen) atoms. The SMILES string of the molecule is CCc1ccc2c(c1)c(-c1ccc[nH]c1=O)c(C(=O)NS(C)(=O)=O)n2Cc1cccc(C)c1F. The third-order valence-corrected chi connectivity index (χ3v) is 6.27. The molecule has 7 nitrogen and oxygen atoms in total. The predicted molar refractivity (Wildman–Crippen MR) is 130 cm³/mol. The Hall–Kier alpha value is -3.72. The van der Waals surface area contributed by atoms with Crippen LogP contribution < -0.4 is 10.3 Å². The smallest absolute Gasteiger partial charge is 0.282 e. The van der Waals surface area contributed by atoms with E-state index in [1.807, 2.05) is 23.8 Å². The molecule has 0 aliphatic heterocycles. The molecular formula is C25H24FN3O4S. The maximum Gasteiger partial charge on any atom is 0.282 e. The van der Waals surface area contributed by atoms with Crippen LogP contribution in [0.2, 0.25) is 0 Å². The standard InChI is InChI=1S/C25H24FN3O4S/c1-4-16-10-11-20-19(13-16)21(18-9-6-12-27-24(18)30)23(25(31)28-34(3,32)33)29(20)14-17-8-5-7-15(2)22(17)26/h5-13H,4,14H2,1-3H3,(H,27,30)(H,28,31). The fourth-order valence-electron chi connectivity index (χ4n) is 4.13. The molecule has 0 aliphatic carbocycles. The van der Waals surface area contributed by atoms with Crippen LogP contribution in [0.5, 0.6) is 0 Å². The van der Waals surface area contributed by atoms with E-state index < -0.39 is 27.3 Å². The molecule has 9 heteroatoms. The highest BCUT2D eigenvalue weighted by molar-refractivity contribution is 7.89. The molecule has 2 N–H and O–H groups in total. The number of aryl methyl sites for hydroxylation is 2. The van der Waals surface area contributed by atoms with E-state index in [0.717, 1.165) is 11.8 Å². The number of pyridine rings is 1. The average molecular weight is 482 g/mol. The summed E-state index contributed by atoms with van der Waals surface area (Å²) in [5, 5.41) is 0.600. The van der Waals surface area contributed by atoms with E-state index in [1.54, 1.807) is 47.9 Å². The van der Waals surface area contributed by atoms with Gasteiger partial charge in [-0.2, -0.15) is 0 Å². The molecule has 0 unspecified atom stereocenters. The molecule has 0 saturated heterocycles. The number of nitrogens with one attached hydrogen (secondary N) is 2. The largest absolute Gasteiger partial charge is 0.331 e. The third kappa shape index (κ3) is 4.38. The number of hydrogen-bond acceptors (Lipinski definition) is 4. The Morgan fingerprint density at radius 3 is 2.59 bits per heavy atom. The Kier molecular flexibility index (Phi) is 6.14. The Bertz CT molecular complexity index is 1590. The van der Waals surface area contributed by atoms with E-state index in [1.165, 1.54) is 6.20 Å². The summed E-state index contributed by atoms with van der Waals surface area (Å²) in [6.07, 6.45) is 3.06. The fraction of sp³-hybridized carbons (Fsp3) is 0.200. The van der Waals surface area contributed by atoms with Crippen molar-refractivity contribution in [2.45, 2.75) is 26.8 Å². The monoisotopic (exact) mass is 481 g/mol. The molecule has 176 valence electrons. The number of carbonyl (C=O) groups excluding carboxylic acids is 1. The van der Waals surface area contributed by atoms with Gasteiger partial charge in [0.2, 0.25) is 10.0 Å². The van der Waals surface area contributed by atoms with Crippen molar-refractivity contribution in [1.82, 2.24) is 14.3 Å². The summed E-state index contributed by atoms with van der Waals surface area (Å²) in [6, 6.07) is 13.7. The van der Waals surface area contributed by atoms with Gasteiger partial charge in [-0.25, -0.2) is 17.5 Å². The number of aromatic amines is 1. The molecule has 0 saturated carbocycles. The Morgan fingerprint density at radius 1 is 1.15 bits per heavy atom. The van der Waals surface area contributed by atoms with Crippen LogP contribution in [0.15, 0.2) is 59.5 Å². The summed E-state index contributed by atoms with van der Waals surface area (Å²) < 4.78 is 42.4. The minimum atomic E-state index is -3.91. The normalized spacial score (nSPS) is 11.6. The molecule has 0 atom stereocenters. The van der Waals surface area contributed by atoms with Gasteiger partial charge in [0.25, 0.3) is 11.5 Å². The molecule has 1 amide bonds. The number of sulfonamides is 1. The van der Waals surface area contributed by atoms with Crippen LogP contribution >= 0.6 is 0 Å². The highest BCUT2D eigenvalue weighted by Gasteiger charge is 2.27. The van der Waals surface area contributed by atoms with Crippen LogP contribution in [0.3, 0.4) is 0 Å². The Labute approximate surface area is 196 Å². The zero-order valence-electron chi connectivity index (χ0n) is 19.0.